The van der Waals surface area contributed by atoms with Crippen molar-refractivity contribution in [1.29, 1.82) is 0 Å². The lowest BCUT2D eigenvalue weighted by molar-refractivity contribution is 0.583. The van der Waals surface area contributed by atoms with Crippen LogP contribution in [-0.4, -0.2) is 31.5 Å². The SMILES string of the molecule is Nc1nc(NCCC#CCCNS(=O)(=O)c2cccc3ccccc23)nc2ccccc12. The Balaban J connectivity index is 1.26. The van der Waals surface area contributed by atoms with Crippen molar-refractivity contribution in [1.82, 2.24) is 14.7 Å². The summed E-state index contributed by atoms with van der Waals surface area (Å²) >= 11 is 0. The Kier molecular flexibility index (Phi) is 6.50. The standard InChI is InChI=1S/C24H23N5O2S/c25-23-20-13-5-6-14-21(20)28-24(29-23)26-16-7-1-2-8-17-27-32(30,31)22-15-9-11-18-10-3-4-12-19(18)22/h3-6,9-15,27H,7-8,16-17H2,(H3,25,26,28,29). The topological polar surface area (TPSA) is 110 Å². The number of para-hydroxylation sites is 1. The zero-order valence-electron chi connectivity index (χ0n) is 17.4. The molecule has 0 saturated carbocycles. The van der Waals surface area contributed by atoms with Crippen LogP contribution in [0.2, 0.25) is 0 Å². The van der Waals surface area contributed by atoms with E-state index in [0.717, 1.165) is 16.3 Å². The Hall–Kier alpha value is -3.67. The minimum absolute atomic E-state index is 0.246. The number of benzene rings is 3. The fourth-order valence-corrected chi connectivity index (χ4v) is 4.61. The van der Waals surface area contributed by atoms with E-state index in [1.165, 1.54) is 0 Å². The van der Waals surface area contributed by atoms with Crippen molar-refractivity contribution in [2.45, 2.75) is 17.7 Å². The van der Waals surface area contributed by atoms with Gasteiger partial charge < -0.3 is 11.1 Å². The normalized spacial score (nSPS) is 11.2. The number of fused-ring (bicyclic) bond motifs is 2. The predicted molar refractivity (Wildman–Crippen MR) is 129 cm³/mol. The molecule has 0 aliphatic carbocycles. The van der Waals surface area contributed by atoms with Crippen molar-refractivity contribution in [2.75, 3.05) is 24.1 Å². The average molecular weight is 446 g/mol. The Labute approximate surface area is 187 Å². The van der Waals surface area contributed by atoms with Gasteiger partial charge in [-0.05, 0) is 23.6 Å². The second-order valence-electron chi connectivity index (χ2n) is 7.10. The molecule has 0 aliphatic heterocycles. The molecule has 8 heteroatoms. The third kappa shape index (κ3) is 4.97. The second kappa shape index (κ2) is 9.64. The number of hydrogen-bond donors (Lipinski definition) is 3. The first-order chi connectivity index (χ1) is 15.5. The minimum atomic E-state index is -3.60. The van der Waals surface area contributed by atoms with Crippen LogP contribution in [0.3, 0.4) is 0 Å². The van der Waals surface area contributed by atoms with Crippen molar-refractivity contribution in [2.24, 2.45) is 0 Å². The molecule has 162 valence electrons. The van der Waals surface area contributed by atoms with Crippen LogP contribution in [0.15, 0.2) is 71.6 Å². The van der Waals surface area contributed by atoms with E-state index < -0.39 is 10.0 Å². The van der Waals surface area contributed by atoms with Crippen LogP contribution in [-0.2, 0) is 10.0 Å². The number of nitrogen functional groups attached to an aromatic ring is 1. The van der Waals surface area contributed by atoms with Gasteiger partial charge in [-0.25, -0.2) is 18.1 Å². The summed E-state index contributed by atoms with van der Waals surface area (Å²) in [6.45, 7) is 0.808. The zero-order chi connectivity index (χ0) is 22.4. The highest BCUT2D eigenvalue weighted by atomic mass is 32.2. The molecule has 0 unspecified atom stereocenters. The quantitative estimate of drug-likeness (QED) is 0.296. The molecule has 1 heterocycles. The monoisotopic (exact) mass is 445 g/mol. The molecule has 0 spiro atoms. The summed E-state index contributed by atoms with van der Waals surface area (Å²) in [4.78, 5) is 8.97. The van der Waals surface area contributed by atoms with Gasteiger partial charge in [0.15, 0.2) is 0 Å². The van der Waals surface area contributed by atoms with Crippen molar-refractivity contribution in [3.05, 3.63) is 66.7 Å². The van der Waals surface area contributed by atoms with Crippen molar-refractivity contribution in [3.8, 4) is 11.8 Å². The maximum Gasteiger partial charge on any atom is 0.241 e. The lowest BCUT2D eigenvalue weighted by Gasteiger charge is -2.08. The van der Waals surface area contributed by atoms with E-state index >= 15 is 0 Å². The number of sulfonamides is 1. The van der Waals surface area contributed by atoms with Gasteiger partial charge >= 0.3 is 0 Å². The van der Waals surface area contributed by atoms with E-state index in [0.29, 0.717) is 36.5 Å². The molecule has 0 amide bonds. The van der Waals surface area contributed by atoms with Gasteiger partial charge in [0.25, 0.3) is 0 Å². The first kappa shape index (κ1) is 21.6. The number of hydrogen-bond acceptors (Lipinski definition) is 6. The van der Waals surface area contributed by atoms with E-state index in [1.54, 1.807) is 12.1 Å². The Morgan fingerprint density at radius 2 is 1.50 bits per heavy atom. The van der Waals surface area contributed by atoms with Gasteiger partial charge in [-0.3, -0.25) is 0 Å². The van der Waals surface area contributed by atoms with Crippen molar-refractivity contribution < 1.29 is 8.42 Å². The smallest absolute Gasteiger partial charge is 0.241 e. The van der Waals surface area contributed by atoms with Gasteiger partial charge in [0.05, 0.1) is 10.4 Å². The summed E-state index contributed by atoms with van der Waals surface area (Å²) in [5, 5.41) is 5.53. The maximum atomic E-state index is 12.7. The van der Waals surface area contributed by atoms with E-state index in [-0.39, 0.29) is 11.4 Å². The molecule has 0 fully saturated rings. The van der Waals surface area contributed by atoms with Crippen LogP contribution in [0.4, 0.5) is 11.8 Å². The number of aromatic nitrogens is 2. The highest BCUT2D eigenvalue weighted by Crippen LogP contribution is 2.22. The third-order valence-electron chi connectivity index (χ3n) is 4.87. The van der Waals surface area contributed by atoms with Crippen LogP contribution < -0.4 is 15.8 Å². The summed E-state index contributed by atoms with van der Waals surface area (Å²) in [5.74, 6) is 6.92. The Morgan fingerprint density at radius 3 is 2.34 bits per heavy atom. The third-order valence-corrected chi connectivity index (χ3v) is 6.39. The highest BCUT2D eigenvalue weighted by molar-refractivity contribution is 7.89. The van der Waals surface area contributed by atoms with Gasteiger partial charge in [-0.1, -0.05) is 48.5 Å². The van der Waals surface area contributed by atoms with Crippen LogP contribution in [0.25, 0.3) is 21.7 Å². The molecule has 7 nitrogen and oxygen atoms in total. The molecule has 1 aromatic heterocycles. The number of nitrogens with one attached hydrogen (secondary N) is 2. The van der Waals surface area contributed by atoms with E-state index in [1.807, 2.05) is 54.6 Å². The molecule has 4 N–H and O–H groups in total. The fourth-order valence-electron chi connectivity index (χ4n) is 3.35. The Morgan fingerprint density at radius 1 is 0.812 bits per heavy atom. The Bertz CT molecular complexity index is 1420. The first-order valence-corrected chi connectivity index (χ1v) is 11.7. The van der Waals surface area contributed by atoms with Crippen LogP contribution in [0.5, 0.6) is 0 Å². The lowest BCUT2D eigenvalue weighted by Crippen LogP contribution is -2.24. The summed E-state index contributed by atoms with van der Waals surface area (Å²) in [6, 6.07) is 20.2. The van der Waals surface area contributed by atoms with Gasteiger partial charge in [0.2, 0.25) is 16.0 Å². The zero-order valence-corrected chi connectivity index (χ0v) is 18.2. The number of anilines is 2. The molecule has 0 bridgehead atoms. The molecule has 0 saturated heterocycles. The molecule has 0 atom stereocenters. The molecule has 3 aromatic carbocycles. The fraction of sp³-hybridized carbons (Fsp3) is 0.167. The van der Waals surface area contributed by atoms with Crippen molar-refractivity contribution >= 4 is 43.5 Å². The lowest BCUT2D eigenvalue weighted by atomic mass is 10.1. The molecule has 0 aliphatic rings. The van der Waals surface area contributed by atoms with Crippen LogP contribution >= 0.6 is 0 Å². The largest absolute Gasteiger partial charge is 0.383 e. The minimum Gasteiger partial charge on any atom is -0.383 e. The van der Waals surface area contributed by atoms with Crippen LogP contribution in [0, 0.1) is 11.8 Å². The van der Waals surface area contributed by atoms with Gasteiger partial charge in [-0.15, -0.1) is 11.8 Å². The molecule has 0 radical (unpaired) electrons. The average Bonchev–Trinajstić information content (AvgIpc) is 2.80. The summed E-state index contributed by atoms with van der Waals surface area (Å²) < 4.78 is 28.0. The van der Waals surface area contributed by atoms with Crippen LogP contribution in [0.1, 0.15) is 12.8 Å². The van der Waals surface area contributed by atoms with Gasteiger partial charge in [0, 0.05) is 36.7 Å². The molecular formula is C24H23N5O2S. The highest BCUT2D eigenvalue weighted by Gasteiger charge is 2.15. The van der Waals surface area contributed by atoms with E-state index in [2.05, 4.69) is 31.8 Å². The summed E-state index contributed by atoms with van der Waals surface area (Å²) in [7, 11) is -3.60. The molecule has 32 heavy (non-hydrogen) atoms. The van der Waals surface area contributed by atoms with Crippen molar-refractivity contribution in [3.63, 3.8) is 0 Å². The number of nitrogens with two attached hydrogens (primary N) is 1. The van der Waals surface area contributed by atoms with E-state index in [9.17, 15) is 8.42 Å². The second-order valence-corrected chi connectivity index (χ2v) is 8.84. The first-order valence-electron chi connectivity index (χ1n) is 10.2. The number of nitrogens with zero attached hydrogens (tertiary/aromatic N) is 2. The predicted octanol–water partition coefficient (Wildman–Crippen LogP) is 3.54. The molecule has 4 aromatic rings. The van der Waals surface area contributed by atoms with Gasteiger partial charge in [0.1, 0.15) is 5.82 Å². The van der Waals surface area contributed by atoms with E-state index in [4.69, 9.17) is 5.73 Å². The molecule has 4 rings (SSSR count). The maximum absolute atomic E-state index is 12.7. The summed E-state index contributed by atoms with van der Waals surface area (Å²) in [6.07, 6.45) is 0.996. The number of rotatable bonds is 7. The van der Waals surface area contributed by atoms with Gasteiger partial charge in [-0.2, -0.15) is 4.98 Å². The molecular weight excluding hydrogens is 422 g/mol. The summed E-state index contributed by atoms with van der Waals surface area (Å²) in [5.41, 5.74) is 6.76.